The van der Waals surface area contributed by atoms with Gasteiger partial charge in [0.15, 0.2) is 0 Å². The number of anilines is 1. The molecule has 5 nitrogen and oxygen atoms in total. The van der Waals surface area contributed by atoms with Crippen LogP contribution in [-0.4, -0.2) is 29.6 Å². The minimum absolute atomic E-state index is 0.0664. The van der Waals surface area contributed by atoms with Gasteiger partial charge in [0.25, 0.3) is 0 Å². The van der Waals surface area contributed by atoms with Crippen molar-refractivity contribution < 1.29 is 19.1 Å². The van der Waals surface area contributed by atoms with Crippen molar-refractivity contribution in [3.8, 4) is 0 Å². The maximum absolute atomic E-state index is 13.5. The predicted octanol–water partition coefficient (Wildman–Crippen LogP) is 0.200. The lowest BCUT2D eigenvalue weighted by Gasteiger charge is -2.16. The number of carbonyl (C=O) groups is 2. The third-order valence-corrected chi connectivity index (χ3v) is 2.82. The molecule has 1 amide bonds. The molecule has 0 radical (unpaired) electrons. The van der Waals surface area contributed by atoms with Crippen molar-refractivity contribution in [2.75, 3.05) is 11.4 Å². The fourth-order valence-electron chi connectivity index (χ4n) is 1.87. The molecule has 0 bridgehead atoms. The number of hydrogen-bond donors (Lipinski definition) is 2. The van der Waals surface area contributed by atoms with Crippen LogP contribution in [0.3, 0.4) is 0 Å². The number of amides is 1. The Bertz CT molecular complexity index is 478. The number of nitrogens with zero attached hydrogens (tertiary/aromatic N) is 1. The van der Waals surface area contributed by atoms with Crippen LogP contribution in [0.25, 0.3) is 0 Å². The van der Waals surface area contributed by atoms with Gasteiger partial charge in [-0.1, -0.05) is 12.1 Å². The third-order valence-electron chi connectivity index (χ3n) is 2.82. The van der Waals surface area contributed by atoms with E-state index in [1.807, 2.05) is 0 Å². The fraction of sp³-hybridized carbons (Fsp3) is 0.273. The number of rotatable bonds is 2. The average molecular weight is 238 g/mol. The van der Waals surface area contributed by atoms with Crippen molar-refractivity contribution in [1.29, 1.82) is 0 Å². The molecule has 1 aromatic carbocycles. The summed E-state index contributed by atoms with van der Waals surface area (Å²) in [6, 6.07) is 4.58. The lowest BCUT2D eigenvalue weighted by molar-refractivity contribution is -0.142. The lowest BCUT2D eigenvalue weighted by atomic mass is 10.1. The van der Waals surface area contributed by atoms with Crippen LogP contribution in [0.5, 0.6) is 0 Å². The Kier molecular flexibility index (Phi) is 2.81. The van der Waals surface area contributed by atoms with E-state index in [0.717, 1.165) is 4.90 Å². The zero-order valence-electron chi connectivity index (χ0n) is 8.84. The Balaban J connectivity index is 2.33. The van der Waals surface area contributed by atoms with E-state index < -0.39 is 29.7 Å². The second kappa shape index (κ2) is 4.14. The predicted molar refractivity (Wildman–Crippen MR) is 57.9 cm³/mol. The lowest BCUT2D eigenvalue weighted by Crippen LogP contribution is -2.38. The summed E-state index contributed by atoms with van der Waals surface area (Å²) in [6.07, 6.45) is 0. The van der Waals surface area contributed by atoms with Crippen LogP contribution >= 0.6 is 0 Å². The van der Waals surface area contributed by atoms with E-state index in [9.17, 15) is 14.0 Å². The number of carbonyl (C=O) groups excluding carboxylic acids is 1. The van der Waals surface area contributed by atoms with Crippen LogP contribution < -0.4 is 10.6 Å². The molecular formula is C11H11FN2O3. The third kappa shape index (κ3) is 1.87. The molecule has 6 heteroatoms. The first-order valence-electron chi connectivity index (χ1n) is 5.06. The first-order valence-corrected chi connectivity index (χ1v) is 5.06. The van der Waals surface area contributed by atoms with Gasteiger partial charge in [-0.15, -0.1) is 0 Å². The number of carboxylic acid groups (broad SMARTS) is 1. The van der Waals surface area contributed by atoms with Gasteiger partial charge in [-0.2, -0.15) is 0 Å². The highest BCUT2D eigenvalue weighted by Gasteiger charge is 2.43. The van der Waals surface area contributed by atoms with E-state index in [-0.39, 0.29) is 12.2 Å². The van der Waals surface area contributed by atoms with Gasteiger partial charge in [-0.05, 0) is 12.1 Å². The summed E-state index contributed by atoms with van der Waals surface area (Å²) in [5.41, 5.74) is 5.57. The van der Waals surface area contributed by atoms with E-state index in [0.29, 0.717) is 0 Å². The minimum atomic E-state index is -1.15. The summed E-state index contributed by atoms with van der Waals surface area (Å²) < 4.78 is 13.5. The smallest absolute Gasteiger partial charge is 0.310 e. The average Bonchev–Trinajstić information content (AvgIpc) is 2.57. The first-order chi connectivity index (χ1) is 8.02. The number of benzene rings is 1. The van der Waals surface area contributed by atoms with Gasteiger partial charge in [-0.3, -0.25) is 9.59 Å². The van der Waals surface area contributed by atoms with Crippen molar-refractivity contribution in [3.05, 3.63) is 30.1 Å². The number of halogens is 1. The second-order valence-corrected chi connectivity index (χ2v) is 3.87. The summed E-state index contributed by atoms with van der Waals surface area (Å²) in [4.78, 5) is 23.7. The topological polar surface area (TPSA) is 83.6 Å². The van der Waals surface area contributed by atoms with Gasteiger partial charge in [0.2, 0.25) is 5.91 Å². The largest absolute Gasteiger partial charge is 0.481 e. The van der Waals surface area contributed by atoms with Gasteiger partial charge in [0, 0.05) is 6.54 Å². The standard InChI is InChI=1S/C11H11FN2O3/c12-7-3-1-2-4-8(7)14-5-6(11(16)17)9(13)10(14)15/h1-4,6,9H,5,13H2,(H,16,17). The van der Waals surface area contributed by atoms with E-state index in [4.69, 9.17) is 10.8 Å². The summed E-state index contributed by atoms with van der Waals surface area (Å²) in [6.45, 7) is -0.101. The van der Waals surface area contributed by atoms with Crippen molar-refractivity contribution >= 4 is 17.6 Å². The van der Waals surface area contributed by atoms with Crippen LogP contribution in [0, 0.1) is 11.7 Å². The Labute approximate surface area is 96.6 Å². The highest BCUT2D eigenvalue weighted by Crippen LogP contribution is 2.26. The number of nitrogens with two attached hydrogens (primary N) is 1. The number of para-hydroxylation sites is 1. The molecular weight excluding hydrogens is 227 g/mol. The molecule has 1 fully saturated rings. The Morgan fingerprint density at radius 1 is 1.47 bits per heavy atom. The Morgan fingerprint density at radius 2 is 2.12 bits per heavy atom. The molecule has 2 atom stereocenters. The number of aliphatic carboxylic acids is 1. The van der Waals surface area contributed by atoms with Crippen molar-refractivity contribution in [1.82, 2.24) is 0 Å². The molecule has 90 valence electrons. The molecule has 1 aromatic rings. The van der Waals surface area contributed by atoms with Gasteiger partial charge in [0.1, 0.15) is 5.82 Å². The number of carboxylic acids is 1. The second-order valence-electron chi connectivity index (χ2n) is 3.87. The monoisotopic (exact) mass is 238 g/mol. The molecule has 0 aliphatic carbocycles. The molecule has 1 aliphatic rings. The molecule has 17 heavy (non-hydrogen) atoms. The van der Waals surface area contributed by atoms with Gasteiger partial charge in [0.05, 0.1) is 17.6 Å². The van der Waals surface area contributed by atoms with Gasteiger partial charge in [-0.25, -0.2) is 4.39 Å². The maximum Gasteiger partial charge on any atom is 0.310 e. The molecule has 2 unspecified atom stereocenters. The van der Waals surface area contributed by atoms with Crippen LogP contribution in [0.2, 0.25) is 0 Å². The first kappa shape index (κ1) is 11.5. The fourth-order valence-corrected chi connectivity index (χ4v) is 1.87. The summed E-state index contributed by atoms with van der Waals surface area (Å²) >= 11 is 0. The van der Waals surface area contributed by atoms with Crippen LogP contribution in [0.1, 0.15) is 0 Å². The zero-order chi connectivity index (χ0) is 12.6. The molecule has 3 N–H and O–H groups in total. The van der Waals surface area contributed by atoms with Crippen LogP contribution in [-0.2, 0) is 9.59 Å². The highest BCUT2D eigenvalue weighted by atomic mass is 19.1. The Morgan fingerprint density at radius 3 is 2.65 bits per heavy atom. The molecule has 0 saturated carbocycles. The quantitative estimate of drug-likeness (QED) is 0.771. The van der Waals surface area contributed by atoms with Gasteiger partial charge < -0.3 is 15.7 Å². The maximum atomic E-state index is 13.5. The molecule has 0 aromatic heterocycles. The summed E-state index contributed by atoms with van der Waals surface area (Å²) in [5.74, 6) is -3.28. The zero-order valence-corrected chi connectivity index (χ0v) is 8.84. The van der Waals surface area contributed by atoms with Crippen molar-refractivity contribution in [2.45, 2.75) is 6.04 Å². The number of hydrogen-bond acceptors (Lipinski definition) is 3. The van der Waals surface area contributed by atoms with E-state index in [2.05, 4.69) is 0 Å². The normalized spacial score (nSPS) is 24.1. The highest BCUT2D eigenvalue weighted by molar-refractivity contribution is 6.03. The van der Waals surface area contributed by atoms with Gasteiger partial charge >= 0.3 is 5.97 Å². The molecule has 0 spiro atoms. The minimum Gasteiger partial charge on any atom is -0.481 e. The molecule has 1 saturated heterocycles. The molecule has 1 heterocycles. The van der Waals surface area contributed by atoms with Crippen molar-refractivity contribution in [3.63, 3.8) is 0 Å². The summed E-state index contributed by atoms with van der Waals surface area (Å²) in [7, 11) is 0. The molecule has 1 aliphatic heterocycles. The summed E-state index contributed by atoms with van der Waals surface area (Å²) in [5, 5.41) is 8.88. The van der Waals surface area contributed by atoms with Crippen LogP contribution in [0.4, 0.5) is 10.1 Å². The van der Waals surface area contributed by atoms with Crippen LogP contribution in [0.15, 0.2) is 24.3 Å². The van der Waals surface area contributed by atoms with Crippen molar-refractivity contribution in [2.24, 2.45) is 11.7 Å². The Hall–Kier alpha value is -1.95. The SMILES string of the molecule is NC1C(=O)N(c2ccccc2F)CC1C(=O)O. The molecule has 2 rings (SSSR count). The van der Waals surface area contributed by atoms with E-state index in [1.165, 1.54) is 18.2 Å². The van der Waals surface area contributed by atoms with E-state index in [1.54, 1.807) is 6.07 Å². The van der Waals surface area contributed by atoms with E-state index >= 15 is 0 Å².